The van der Waals surface area contributed by atoms with E-state index in [0.717, 1.165) is 0 Å². The van der Waals surface area contributed by atoms with Crippen molar-refractivity contribution < 1.29 is 14.7 Å². The number of amides is 1. The van der Waals surface area contributed by atoms with Gasteiger partial charge in [0.2, 0.25) is 0 Å². The molecule has 1 aliphatic rings. The molecule has 2 aromatic carbocycles. The van der Waals surface area contributed by atoms with Crippen molar-refractivity contribution in [1.29, 1.82) is 0 Å². The van der Waals surface area contributed by atoms with Crippen LogP contribution in [0.1, 0.15) is 17.2 Å². The zero-order valence-electron chi connectivity index (χ0n) is 13.7. The second-order valence-electron chi connectivity index (χ2n) is 5.80. The van der Waals surface area contributed by atoms with Crippen molar-refractivity contribution in [3.05, 3.63) is 87.9 Å². The standard InChI is InChI=1S/C20H15Cl2NO3/c1-2-11-23-17(12-3-7-14(21)8-4-12)16(19(25)20(23)26)18(24)13-5-9-15(22)10-6-13/h2-10,17,24H,1,11H2/b18-16+/t17-/m1/s1. The van der Waals surface area contributed by atoms with Crippen molar-refractivity contribution in [1.82, 2.24) is 4.90 Å². The zero-order chi connectivity index (χ0) is 18.8. The first-order chi connectivity index (χ1) is 12.4. The molecule has 0 radical (unpaired) electrons. The molecule has 132 valence electrons. The van der Waals surface area contributed by atoms with E-state index in [0.29, 0.717) is 21.2 Å². The lowest BCUT2D eigenvalue weighted by Gasteiger charge is -2.24. The monoisotopic (exact) mass is 387 g/mol. The van der Waals surface area contributed by atoms with Crippen LogP contribution in [0.5, 0.6) is 0 Å². The highest BCUT2D eigenvalue weighted by Gasteiger charge is 2.45. The van der Waals surface area contributed by atoms with Gasteiger partial charge in [-0.2, -0.15) is 0 Å². The summed E-state index contributed by atoms with van der Waals surface area (Å²) in [5.41, 5.74) is 1.11. The minimum absolute atomic E-state index is 0.0292. The summed E-state index contributed by atoms with van der Waals surface area (Å²) in [6, 6.07) is 12.5. The molecule has 1 atom stereocenters. The minimum Gasteiger partial charge on any atom is -0.507 e. The lowest BCUT2D eigenvalue weighted by atomic mass is 9.95. The summed E-state index contributed by atoms with van der Waals surface area (Å²) < 4.78 is 0. The molecule has 1 aliphatic heterocycles. The minimum atomic E-state index is -0.737. The van der Waals surface area contributed by atoms with Crippen LogP contribution in [-0.4, -0.2) is 28.2 Å². The Kier molecular flexibility index (Phi) is 5.16. The molecule has 1 amide bonds. The first-order valence-corrected chi connectivity index (χ1v) is 8.60. The van der Waals surface area contributed by atoms with Gasteiger partial charge in [-0.3, -0.25) is 9.59 Å². The normalized spacial score (nSPS) is 19.0. The largest absolute Gasteiger partial charge is 0.507 e. The maximum atomic E-state index is 12.6. The van der Waals surface area contributed by atoms with Crippen molar-refractivity contribution in [2.24, 2.45) is 0 Å². The van der Waals surface area contributed by atoms with Crippen LogP contribution >= 0.6 is 23.2 Å². The van der Waals surface area contributed by atoms with Crippen LogP contribution in [-0.2, 0) is 9.59 Å². The number of halogens is 2. The van der Waals surface area contributed by atoms with Gasteiger partial charge in [-0.15, -0.1) is 6.58 Å². The van der Waals surface area contributed by atoms with Crippen molar-refractivity contribution in [2.75, 3.05) is 6.54 Å². The number of ketones is 1. The molecule has 4 nitrogen and oxygen atoms in total. The van der Waals surface area contributed by atoms with Crippen molar-refractivity contribution in [3.63, 3.8) is 0 Å². The van der Waals surface area contributed by atoms with E-state index < -0.39 is 17.7 Å². The average molecular weight is 388 g/mol. The molecule has 0 aliphatic carbocycles. The molecule has 26 heavy (non-hydrogen) atoms. The zero-order valence-corrected chi connectivity index (χ0v) is 15.2. The van der Waals surface area contributed by atoms with Crippen LogP contribution in [0.4, 0.5) is 0 Å². The number of benzene rings is 2. The van der Waals surface area contributed by atoms with Crippen LogP contribution in [0.2, 0.25) is 10.0 Å². The van der Waals surface area contributed by atoms with Crippen molar-refractivity contribution in [2.45, 2.75) is 6.04 Å². The van der Waals surface area contributed by atoms with Crippen LogP contribution in [0, 0.1) is 0 Å². The fourth-order valence-corrected chi connectivity index (χ4v) is 3.21. The molecule has 0 bridgehead atoms. The van der Waals surface area contributed by atoms with E-state index in [1.54, 1.807) is 48.5 Å². The van der Waals surface area contributed by atoms with E-state index in [-0.39, 0.29) is 17.9 Å². The molecule has 0 saturated carbocycles. The quantitative estimate of drug-likeness (QED) is 0.361. The summed E-state index contributed by atoms with van der Waals surface area (Å²) in [5, 5.41) is 11.8. The van der Waals surface area contributed by atoms with Crippen LogP contribution < -0.4 is 0 Å². The maximum Gasteiger partial charge on any atom is 0.295 e. The molecule has 1 N–H and O–H groups in total. The second-order valence-corrected chi connectivity index (χ2v) is 6.67. The summed E-state index contributed by atoms with van der Waals surface area (Å²) in [6.07, 6.45) is 1.54. The first-order valence-electron chi connectivity index (χ1n) is 7.84. The molecule has 0 spiro atoms. The smallest absolute Gasteiger partial charge is 0.295 e. The summed E-state index contributed by atoms with van der Waals surface area (Å²) in [4.78, 5) is 26.5. The lowest BCUT2D eigenvalue weighted by Crippen LogP contribution is -2.29. The lowest BCUT2D eigenvalue weighted by molar-refractivity contribution is -0.139. The van der Waals surface area contributed by atoms with Crippen molar-refractivity contribution in [3.8, 4) is 0 Å². The molecule has 0 unspecified atom stereocenters. The van der Waals surface area contributed by atoms with Gasteiger partial charge in [-0.25, -0.2) is 0 Å². The van der Waals surface area contributed by atoms with E-state index in [4.69, 9.17) is 23.2 Å². The Balaban J connectivity index is 2.18. The Hall–Kier alpha value is -2.56. The number of aliphatic hydroxyl groups excluding tert-OH is 1. The summed E-state index contributed by atoms with van der Waals surface area (Å²) in [6.45, 7) is 3.82. The molecule has 1 saturated heterocycles. The highest BCUT2D eigenvalue weighted by atomic mass is 35.5. The third-order valence-corrected chi connectivity index (χ3v) is 4.67. The average Bonchev–Trinajstić information content (AvgIpc) is 2.88. The summed E-state index contributed by atoms with van der Waals surface area (Å²) in [7, 11) is 0. The van der Waals surface area contributed by atoms with Crippen LogP contribution in [0.15, 0.2) is 66.8 Å². The Morgan fingerprint density at radius 1 is 1.04 bits per heavy atom. The number of hydrogen-bond donors (Lipinski definition) is 1. The van der Waals surface area contributed by atoms with E-state index in [1.807, 2.05) is 0 Å². The molecule has 0 aromatic heterocycles. The van der Waals surface area contributed by atoms with Gasteiger partial charge in [0.15, 0.2) is 0 Å². The fraction of sp³-hybridized carbons (Fsp3) is 0.100. The van der Waals surface area contributed by atoms with Gasteiger partial charge in [0.05, 0.1) is 11.6 Å². The van der Waals surface area contributed by atoms with Gasteiger partial charge in [0, 0.05) is 22.2 Å². The fourth-order valence-electron chi connectivity index (χ4n) is 2.96. The highest BCUT2D eigenvalue weighted by molar-refractivity contribution is 6.46. The number of carbonyl (C=O) groups excluding carboxylic acids is 2. The van der Waals surface area contributed by atoms with E-state index >= 15 is 0 Å². The molecular weight excluding hydrogens is 373 g/mol. The maximum absolute atomic E-state index is 12.6. The third kappa shape index (κ3) is 3.26. The predicted molar refractivity (Wildman–Crippen MR) is 102 cm³/mol. The number of hydrogen-bond acceptors (Lipinski definition) is 3. The number of nitrogens with zero attached hydrogens (tertiary/aromatic N) is 1. The van der Waals surface area contributed by atoms with E-state index in [9.17, 15) is 14.7 Å². The summed E-state index contributed by atoms with van der Waals surface area (Å²) in [5.74, 6) is -1.66. The Morgan fingerprint density at radius 2 is 1.58 bits per heavy atom. The van der Waals surface area contributed by atoms with Crippen LogP contribution in [0.3, 0.4) is 0 Å². The molecule has 3 rings (SSSR count). The first kappa shape index (κ1) is 18.2. The van der Waals surface area contributed by atoms with Gasteiger partial charge in [0.1, 0.15) is 5.76 Å². The molecule has 1 fully saturated rings. The van der Waals surface area contributed by atoms with Gasteiger partial charge < -0.3 is 10.0 Å². The van der Waals surface area contributed by atoms with Gasteiger partial charge in [0.25, 0.3) is 11.7 Å². The molecule has 1 heterocycles. The van der Waals surface area contributed by atoms with Gasteiger partial charge in [-0.05, 0) is 42.0 Å². The van der Waals surface area contributed by atoms with E-state index in [2.05, 4.69) is 6.58 Å². The van der Waals surface area contributed by atoms with Crippen molar-refractivity contribution >= 4 is 40.7 Å². The topological polar surface area (TPSA) is 57.6 Å². The Labute approximate surface area is 161 Å². The van der Waals surface area contributed by atoms with Crippen LogP contribution in [0.25, 0.3) is 5.76 Å². The second kappa shape index (κ2) is 7.36. The Bertz CT molecular complexity index is 902. The highest BCUT2D eigenvalue weighted by Crippen LogP contribution is 2.39. The van der Waals surface area contributed by atoms with Gasteiger partial charge in [-0.1, -0.05) is 41.4 Å². The van der Waals surface area contributed by atoms with Gasteiger partial charge >= 0.3 is 0 Å². The number of carbonyl (C=O) groups is 2. The predicted octanol–water partition coefficient (Wildman–Crippen LogP) is 4.60. The molecular formula is C20H15Cl2NO3. The molecule has 2 aromatic rings. The Morgan fingerprint density at radius 3 is 2.12 bits per heavy atom. The van der Waals surface area contributed by atoms with E-state index in [1.165, 1.54) is 11.0 Å². The number of aliphatic hydroxyl groups is 1. The number of Topliss-reactive ketones (excluding diaryl/α,β-unsaturated/α-hetero) is 1. The number of likely N-dealkylation sites (tertiary alicyclic amines) is 1. The SMILES string of the molecule is C=CCN1C(=O)C(=O)/C(=C(/O)c2ccc(Cl)cc2)[C@H]1c1ccc(Cl)cc1. The number of rotatable bonds is 4. The third-order valence-electron chi connectivity index (χ3n) is 4.17. The molecule has 6 heteroatoms. The summed E-state index contributed by atoms with van der Waals surface area (Å²) >= 11 is 11.8.